The maximum atomic E-state index is 11.9. The molecule has 1 aliphatic heterocycles. The molecule has 0 spiro atoms. The highest BCUT2D eigenvalue weighted by Crippen LogP contribution is 2.32. The van der Waals surface area contributed by atoms with Crippen LogP contribution in [0, 0.1) is 6.92 Å². The highest BCUT2D eigenvalue weighted by atomic mass is 35.5. The number of ether oxygens (including phenoxy) is 1. The summed E-state index contributed by atoms with van der Waals surface area (Å²) in [5.41, 5.74) is 2.29. The van der Waals surface area contributed by atoms with E-state index in [2.05, 4.69) is 29.0 Å². The van der Waals surface area contributed by atoms with Gasteiger partial charge in [0.05, 0.1) is 10.9 Å². The summed E-state index contributed by atoms with van der Waals surface area (Å²) in [6.07, 6.45) is 3.11. The lowest BCUT2D eigenvalue weighted by atomic mass is 9.91. The predicted molar refractivity (Wildman–Crippen MR) is 105 cm³/mol. The zero-order valence-electron chi connectivity index (χ0n) is 14.8. The van der Waals surface area contributed by atoms with Gasteiger partial charge in [0.15, 0.2) is 5.82 Å². The minimum atomic E-state index is -0.262. The fourth-order valence-electron chi connectivity index (χ4n) is 3.17. The molecule has 0 saturated carbocycles. The van der Waals surface area contributed by atoms with E-state index in [4.69, 9.17) is 16.3 Å². The molecule has 0 unspecified atom stereocenters. The Bertz CT molecular complexity index is 765. The highest BCUT2D eigenvalue weighted by molar-refractivity contribution is 7.16. The Labute approximate surface area is 162 Å². The molecule has 0 radical (unpaired) electrons. The number of thiophene rings is 1. The van der Waals surface area contributed by atoms with Gasteiger partial charge in [-0.05, 0) is 31.9 Å². The first-order valence-corrected chi connectivity index (χ1v) is 9.83. The molecule has 140 valence electrons. The molecule has 1 saturated heterocycles. The van der Waals surface area contributed by atoms with Gasteiger partial charge in [-0.2, -0.15) is 5.10 Å². The number of carbonyl (C=O) groups excluding carboxylic acids is 1. The standard InChI is InChI=1S/C18H23ClN4O2S/c1-3-10-25-18(24)23-8-6-13(7-9-23)16-12(2)17(22-21-16)20-11-14-4-5-15(19)26-14/h3-5,13H,1,6-11H2,2H3,(H2,20,21,22). The quantitative estimate of drug-likeness (QED) is 0.705. The molecule has 0 aromatic carbocycles. The number of rotatable bonds is 6. The van der Waals surface area contributed by atoms with Gasteiger partial charge >= 0.3 is 6.09 Å². The average molecular weight is 395 g/mol. The molecule has 1 fully saturated rings. The fraction of sp³-hybridized carbons (Fsp3) is 0.444. The molecule has 2 aromatic heterocycles. The maximum Gasteiger partial charge on any atom is 0.410 e. The first kappa shape index (κ1) is 18.8. The number of hydrogen-bond acceptors (Lipinski definition) is 5. The summed E-state index contributed by atoms with van der Waals surface area (Å²) in [5.74, 6) is 1.25. The zero-order chi connectivity index (χ0) is 18.5. The Morgan fingerprint density at radius 1 is 1.54 bits per heavy atom. The lowest BCUT2D eigenvalue weighted by molar-refractivity contribution is 0.102. The number of nitrogens with one attached hydrogen (secondary N) is 2. The number of nitrogens with zero attached hydrogens (tertiary/aromatic N) is 2. The molecule has 2 aromatic rings. The van der Waals surface area contributed by atoms with E-state index >= 15 is 0 Å². The third kappa shape index (κ3) is 4.40. The second-order valence-corrected chi connectivity index (χ2v) is 8.10. The Kier molecular flexibility index (Phi) is 6.21. The maximum absolute atomic E-state index is 11.9. The lowest BCUT2D eigenvalue weighted by Crippen LogP contribution is -2.38. The number of amides is 1. The van der Waals surface area contributed by atoms with Crippen LogP contribution >= 0.6 is 22.9 Å². The van der Waals surface area contributed by atoms with Crippen molar-refractivity contribution < 1.29 is 9.53 Å². The summed E-state index contributed by atoms with van der Waals surface area (Å²) in [6.45, 7) is 7.97. The van der Waals surface area contributed by atoms with Gasteiger partial charge in [0, 0.05) is 35.1 Å². The van der Waals surface area contributed by atoms with Crippen LogP contribution in [0.25, 0.3) is 0 Å². The van der Waals surface area contributed by atoms with Gasteiger partial charge in [0.25, 0.3) is 0 Å². The van der Waals surface area contributed by atoms with Gasteiger partial charge in [0.1, 0.15) is 6.61 Å². The number of hydrogen-bond donors (Lipinski definition) is 2. The summed E-state index contributed by atoms with van der Waals surface area (Å²) in [6, 6.07) is 3.92. The topological polar surface area (TPSA) is 70.2 Å². The van der Waals surface area contributed by atoms with Crippen molar-refractivity contribution in [2.45, 2.75) is 32.2 Å². The molecule has 1 amide bonds. The van der Waals surface area contributed by atoms with Crippen LogP contribution in [0.2, 0.25) is 4.34 Å². The summed E-state index contributed by atoms with van der Waals surface area (Å²) in [5, 5.41) is 11.0. The first-order valence-electron chi connectivity index (χ1n) is 8.64. The van der Waals surface area contributed by atoms with Crippen LogP contribution in [0.1, 0.15) is 34.9 Å². The van der Waals surface area contributed by atoms with Crippen molar-refractivity contribution in [3.8, 4) is 0 Å². The van der Waals surface area contributed by atoms with E-state index in [-0.39, 0.29) is 12.7 Å². The van der Waals surface area contributed by atoms with Gasteiger partial charge < -0.3 is 15.0 Å². The second-order valence-electron chi connectivity index (χ2n) is 6.30. The summed E-state index contributed by atoms with van der Waals surface area (Å²) in [4.78, 5) is 14.8. The van der Waals surface area contributed by atoms with Crippen LogP contribution in [-0.4, -0.2) is 40.9 Å². The number of H-pyrrole nitrogens is 1. The SMILES string of the molecule is C=CCOC(=O)N1CCC(c2[nH]nc(NCc3ccc(Cl)s3)c2C)CC1. The van der Waals surface area contributed by atoms with Gasteiger partial charge in [-0.25, -0.2) is 4.79 Å². The zero-order valence-corrected chi connectivity index (χ0v) is 16.3. The van der Waals surface area contributed by atoms with Crippen molar-refractivity contribution >= 4 is 34.8 Å². The van der Waals surface area contributed by atoms with Crippen molar-refractivity contribution in [2.75, 3.05) is 25.0 Å². The molecule has 1 aliphatic rings. The van der Waals surface area contributed by atoms with Crippen molar-refractivity contribution in [3.63, 3.8) is 0 Å². The molecular weight excluding hydrogens is 372 g/mol. The third-order valence-corrected chi connectivity index (χ3v) is 5.82. The molecule has 26 heavy (non-hydrogen) atoms. The van der Waals surface area contributed by atoms with Crippen molar-refractivity contribution in [1.29, 1.82) is 0 Å². The molecular formula is C18H23ClN4O2S. The van der Waals surface area contributed by atoms with E-state index < -0.39 is 0 Å². The fourth-order valence-corrected chi connectivity index (χ4v) is 4.20. The largest absolute Gasteiger partial charge is 0.445 e. The number of aromatic nitrogens is 2. The van der Waals surface area contributed by atoms with Gasteiger partial charge in [-0.1, -0.05) is 24.3 Å². The van der Waals surface area contributed by atoms with Crippen molar-refractivity contribution in [1.82, 2.24) is 15.1 Å². The number of carbonyl (C=O) groups is 1. The smallest absolute Gasteiger partial charge is 0.410 e. The van der Waals surface area contributed by atoms with E-state index in [1.165, 1.54) is 4.88 Å². The third-order valence-electron chi connectivity index (χ3n) is 4.59. The number of anilines is 1. The number of aromatic amines is 1. The molecule has 3 rings (SSSR count). The summed E-state index contributed by atoms with van der Waals surface area (Å²) >= 11 is 7.53. The molecule has 0 aliphatic carbocycles. The van der Waals surface area contributed by atoms with Crippen molar-refractivity contribution in [3.05, 3.63) is 45.3 Å². The van der Waals surface area contributed by atoms with Crippen molar-refractivity contribution in [2.24, 2.45) is 0 Å². The van der Waals surface area contributed by atoms with E-state index in [9.17, 15) is 4.79 Å². The molecule has 0 atom stereocenters. The van der Waals surface area contributed by atoms with Gasteiger partial charge in [-0.15, -0.1) is 11.3 Å². The van der Waals surface area contributed by atoms with Crippen LogP contribution in [0.3, 0.4) is 0 Å². The minimum absolute atomic E-state index is 0.253. The Hall–Kier alpha value is -1.99. The van der Waals surface area contributed by atoms with Crippen LogP contribution < -0.4 is 5.32 Å². The molecule has 6 nitrogen and oxygen atoms in total. The lowest BCUT2D eigenvalue weighted by Gasteiger charge is -2.31. The van der Waals surface area contributed by atoms with E-state index in [0.717, 1.165) is 34.3 Å². The highest BCUT2D eigenvalue weighted by Gasteiger charge is 2.27. The second kappa shape index (κ2) is 8.60. The number of piperidine rings is 1. The number of likely N-dealkylation sites (tertiary alicyclic amines) is 1. The molecule has 0 bridgehead atoms. The first-order chi connectivity index (χ1) is 12.6. The monoisotopic (exact) mass is 394 g/mol. The summed E-state index contributed by atoms with van der Waals surface area (Å²) < 4.78 is 5.90. The van der Waals surface area contributed by atoms with Crippen LogP contribution in [0.15, 0.2) is 24.8 Å². The van der Waals surface area contributed by atoms with Gasteiger partial charge in [0.2, 0.25) is 0 Å². The van der Waals surface area contributed by atoms with E-state index in [1.807, 2.05) is 12.1 Å². The number of halogens is 1. The van der Waals surface area contributed by atoms with Crippen LogP contribution in [-0.2, 0) is 11.3 Å². The summed E-state index contributed by atoms with van der Waals surface area (Å²) in [7, 11) is 0. The van der Waals surface area contributed by atoms with E-state index in [0.29, 0.717) is 25.6 Å². The normalized spacial score (nSPS) is 15.1. The Morgan fingerprint density at radius 2 is 2.31 bits per heavy atom. The Morgan fingerprint density at radius 3 is 2.96 bits per heavy atom. The van der Waals surface area contributed by atoms with Crippen LogP contribution in [0.4, 0.5) is 10.6 Å². The minimum Gasteiger partial charge on any atom is -0.445 e. The van der Waals surface area contributed by atoms with Gasteiger partial charge in [-0.3, -0.25) is 5.10 Å². The molecule has 8 heteroatoms. The Balaban J connectivity index is 1.55. The predicted octanol–water partition coefficient (Wildman–Crippen LogP) is 4.55. The molecule has 3 heterocycles. The van der Waals surface area contributed by atoms with E-state index in [1.54, 1.807) is 22.3 Å². The average Bonchev–Trinajstić information content (AvgIpc) is 3.23. The molecule has 2 N–H and O–H groups in total. The van der Waals surface area contributed by atoms with Crippen LogP contribution in [0.5, 0.6) is 0 Å².